The van der Waals surface area contributed by atoms with E-state index in [-0.39, 0.29) is 17.7 Å². The predicted octanol–water partition coefficient (Wildman–Crippen LogP) is 4.73. The molecule has 1 aromatic carbocycles. The van der Waals surface area contributed by atoms with Gasteiger partial charge in [0.25, 0.3) is 0 Å². The number of carbonyl (C=O) groups is 1. The van der Waals surface area contributed by atoms with Crippen molar-refractivity contribution in [1.82, 2.24) is 9.88 Å². The second-order valence-electron chi connectivity index (χ2n) is 6.28. The van der Waals surface area contributed by atoms with Crippen LogP contribution in [0.5, 0.6) is 0 Å². The van der Waals surface area contributed by atoms with Gasteiger partial charge in [0.1, 0.15) is 0 Å². The highest BCUT2D eigenvalue weighted by Gasteiger charge is 2.31. The third-order valence-electron chi connectivity index (χ3n) is 4.61. The first kappa shape index (κ1) is 18.8. The SMILES string of the molecule is CN(C(=O)CSc1ccc(C(F)(F)F)cn1)C1CCCc2ccccc21. The van der Waals surface area contributed by atoms with Gasteiger partial charge in [-0.15, -0.1) is 0 Å². The van der Waals surface area contributed by atoms with E-state index in [1.165, 1.54) is 17.2 Å². The first-order valence-electron chi connectivity index (χ1n) is 8.36. The Bertz CT molecular complexity index is 777. The molecule has 0 saturated carbocycles. The van der Waals surface area contributed by atoms with E-state index in [0.29, 0.717) is 5.03 Å². The van der Waals surface area contributed by atoms with Crippen molar-refractivity contribution in [2.45, 2.75) is 36.5 Å². The second-order valence-corrected chi connectivity index (χ2v) is 7.28. The second kappa shape index (κ2) is 7.70. The highest BCUT2D eigenvalue weighted by atomic mass is 32.2. The van der Waals surface area contributed by atoms with Gasteiger partial charge in [-0.05, 0) is 42.5 Å². The monoisotopic (exact) mass is 380 g/mol. The van der Waals surface area contributed by atoms with Crippen molar-refractivity contribution >= 4 is 17.7 Å². The number of aryl methyl sites for hydroxylation is 1. The third kappa shape index (κ3) is 4.20. The number of halogens is 3. The average molecular weight is 380 g/mol. The molecule has 0 aliphatic heterocycles. The Labute approximate surface area is 154 Å². The summed E-state index contributed by atoms with van der Waals surface area (Å²) in [5.74, 6) is 0.0893. The molecule has 0 radical (unpaired) electrons. The molecule has 0 N–H and O–H groups in total. The Morgan fingerprint density at radius 2 is 2.04 bits per heavy atom. The van der Waals surface area contributed by atoms with Gasteiger partial charge in [-0.25, -0.2) is 4.98 Å². The molecular formula is C19H19F3N2OS. The van der Waals surface area contributed by atoms with Crippen molar-refractivity contribution in [2.75, 3.05) is 12.8 Å². The van der Waals surface area contributed by atoms with Crippen LogP contribution in [0, 0.1) is 0 Å². The topological polar surface area (TPSA) is 33.2 Å². The Morgan fingerprint density at radius 1 is 1.27 bits per heavy atom. The fourth-order valence-electron chi connectivity index (χ4n) is 3.18. The molecule has 1 heterocycles. The standard InChI is InChI=1S/C19H19F3N2OS/c1-24(16-8-4-6-13-5-2-3-7-15(13)16)18(25)12-26-17-10-9-14(11-23-17)19(20,21)22/h2-3,5,7,9-11,16H,4,6,8,12H2,1H3. The number of thioether (sulfide) groups is 1. The first-order valence-corrected chi connectivity index (χ1v) is 9.34. The van der Waals surface area contributed by atoms with Crippen LogP contribution in [0.15, 0.2) is 47.6 Å². The van der Waals surface area contributed by atoms with E-state index in [9.17, 15) is 18.0 Å². The van der Waals surface area contributed by atoms with Gasteiger partial charge < -0.3 is 4.90 Å². The summed E-state index contributed by atoms with van der Waals surface area (Å²) in [6, 6.07) is 10.5. The maximum atomic E-state index is 12.6. The Kier molecular flexibility index (Phi) is 5.55. The number of benzene rings is 1. The van der Waals surface area contributed by atoms with Crippen LogP contribution >= 0.6 is 11.8 Å². The molecule has 1 amide bonds. The molecule has 3 nitrogen and oxygen atoms in total. The molecule has 0 saturated heterocycles. The molecule has 1 aliphatic rings. The zero-order valence-corrected chi connectivity index (χ0v) is 15.1. The van der Waals surface area contributed by atoms with Crippen molar-refractivity contribution in [3.8, 4) is 0 Å². The van der Waals surface area contributed by atoms with Crippen molar-refractivity contribution in [1.29, 1.82) is 0 Å². The molecule has 1 atom stereocenters. The van der Waals surface area contributed by atoms with Crippen LogP contribution in [-0.2, 0) is 17.4 Å². The highest BCUT2D eigenvalue weighted by Crippen LogP contribution is 2.34. The van der Waals surface area contributed by atoms with Crippen LogP contribution in [0.4, 0.5) is 13.2 Å². The number of fused-ring (bicyclic) bond motifs is 1. The number of aromatic nitrogens is 1. The summed E-state index contributed by atoms with van der Waals surface area (Å²) in [6.07, 6.45) is -0.622. The lowest BCUT2D eigenvalue weighted by molar-refractivity contribution is -0.138. The van der Waals surface area contributed by atoms with Crippen LogP contribution in [0.3, 0.4) is 0 Å². The molecule has 0 bridgehead atoms. The van der Waals surface area contributed by atoms with Crippen molar-refractivity contribution < 1.29 is 18.0 Å². The molecule has 2 aromatic rings. The number of amides is 1. The summed E-state index contributed by atoms with van der Waals surface area (Å²) in [6.45, 7) is 0. The van der Waals surface area contributed by atoms with Crippen LogP contribution in [0.1, 0.15) is 35.6 Å². The molecule has 138 valence electrons. The molecule has 1 aliphatic carbocycles. The zero-order chi connectivity index (χ0) is 18.7. The van der Waals surface area contributed by atoms with Gasteiger partial charge in [0.2, 0.25) is 5.91 Å². The summed E-state index contributed by atoms with van der Waals surface area (Å²) in [5, 5.41) is 0.406. The smallest absolute Gasteiger partial charge is 0.338 e. The number of carbonyl (C=O) groups excluding carboxylic acids is 1. The van der Waals surface area contributed by atoms with Gasteiger partial charge in [0.15, 0.2) is 0 Å². The van der Waals surface area contributed by atoms with E-state index in [1.54, 1.807) is 11.9 Å². The van der Waals surface area contributed by atoms with Gasteiger partial charge in [0, 0.05) is 13.2 Å². The van der Waals surface area contributed by atoms with Crippen LogP contribution in [-0.4, -0.2) is 28.6 Å². The maximum Gasteiger partial charge on any atom is 0.417 e. The van der Waals surface area contributed by atoms with E-state index in [2.05, 4.69) is 17.1 Å². The zero-order valence-electron chi connectivity index (χ0n) is 14.3. The molecule has 1 aromatic heterocycles. The average Bonchev–Trinajstić information content (AvgIpc) is 2.64. The maximum absolute atomic E-state index is 12.6. The molecule has 3 rings (SSSR count). The van der Waals surface area contributed by atoms with E-state index in [0.717, 1.165) is 43.3 Å². The summed E-state index contributed by atoms with van der Waals surface area (Å²) in [5.41, 5.74) is 1.68. The van der Waals surface area contributed by atoms with E-state index < -0.39 is 11.7 Å². The molecule has 7 heteroatoms. The Morgan fingerprint density at radius 3 is 2.73 bits per heavy atom. The minimum atomic E-state index is -4.40. The van der Waals surface area contributed by atoms with Crippen molar-refractivity contribution in [3.05, 3.63) is 59.3 Å². The molecule has 1 unspecified atom stereocenters. The summed E-state index contributed by atoms with van der Waals surface area (Å²) in [7, 11) is 1.79. The number of nitrogens with zero attached hydrogens (tertiary/aromatic N) is 2. The number of pyridine rings is 1. The third-order valence-corrected chi connectivity index (χ3v) is 5.53. The Balaban J connectivity index is 1.62. The Hall–Kier alpha value is -2.02. The van der Waals surface area contributed by atoms with E-state index in [4.69, 9.17) is 0 Å². The van der Waals surface area contributed by atoms with Crippen molar-refractivity contribution in [3.63, 3.8) is 0 Å². The summed E-state index contributed by atoms with van der Waals surface area (Å²) >= 11 is 1.15. The molecule has 26 heavy (non-hydrogen) atoms. The lowest BCUT2D eigenvalue weighted by Gasteiger charge is -2.33. The quantitative estimate of drug-likeness (QED) is 0.719. The normalized spacial score (nSPS) is 16.8. The van der Waals surface area contributed by atoms with E-state index in [1.807, 2.05) is 12.1 Å². The highest BCUT2D eigenvalue weighted by molar-refractivity contribution is 7.99. The number of rotatable bonds is 4. The fraction of sp³-hybridized carbons (Fsp3) is 0.368. The number of hydrogen-bond acceptors (Lipinski definition) is 3. The van der Waals surface area contributed by atoms with Gasteiger partial charge in [-0.1, -0.05) is 36.0 Å². The molecular weight excluding hydrogens is 361 g/mol. The number of alkyl halides is 3. The number of hydrogen-bond donors (Lipinski definition) is 0. The molecule has 0 fully saturated rings. The van der Waals surface area contributed by atoms with Gasteiger partial charge in [0.05, 0.1) is 22.4 Å². The summed E-state index contributed by atoms with van der Waals surface area (Å²) < 4.78 is 37.7. The lowest BCUT2D eigenvalue weighted by Crippen LogP contribution is -2.34. The van der Waals surface area contributed by atoms with Crippen LogP contribution in [0.2, 0.25) is 0 Å². The lowest BCUT2D eigenvalue weighted by atomic mass is 9.87. The van der Waals surface area contributed by atoms with Crippen LogP contribution in [0.25, 0.3) is 0 Å². The minimum Gasteiger partial charge on any atom is -0.338 e. The van der Waals surface area contributed by atoms with Gasteiger partial charge in [-0.2, -0.15) is 13.2 Å². The van der Waals surface area contributed by atoms with Crippen LogP contribution < -0.4 is 0 Å². The van der Waals surface area contributed by atoms with Gasteiger partial charge >= 0.3 is 6.18 Å². The minimum absolute atomic E-state index is 0.0496. The first-order chi connectivity index (χ1) is 12.4. The van der Waals surface area contributed by atoms with E-state index >= 15 is 0 Å². The van der Waals surface area contributed by atoms with Gasteiger partial charge in [-0.3, -0.25) is 4.79 Å². The summed E-state index contributed by atoms with van der Waals surface area (Å²) in [4.78, 5) is 18.1. The molecule has 0 spiro atoms. The fourth-order valence-corrected chi connectivity index (χ4v) is 3.94. The largest absolute Gasteiger partial charge is 0.417 e. The van der Waals surface area contributed by atoms with Crippen molar-refractivity contribution in [2.24, 2.45) is 0 Å². The predicted molar refractivity (Wildman–Crippen MR) is 94.9 cm³/mol.